The number of carbonyl (C=O) groups excluding carboxylic acids is 1. The molecule has 0 saturated heterocycles. The molecule has 0 amide bonds. The molecule has 0 radical (unpaired) electrons. The van der Waals surface area contributed by atoms with Crippen molar-refractivity contribution in [2.75, 3.05) is 9.44 Å². The Kier molecular flexibility index (Phi) is 15.7. The first-order chi connectivity index (χ1) is 37.7. The van der Waals surface area contributed by atoms with E-state index in [0.29, 0.717) is 81.2 Å². The zero-order valence-electron chi connectivity index (χ0n) is 41.6. The summed E-state index contributed by atoms with van der Waals surface area (Å²) in [6.07, 6.45) is 13.5. The molecule has 0 spiro atoms. The first-order valence-corrected chi connectivity index (χ1v) is 28.8. The van der Waals surface area contributed by atoms with Crippen LogP contribution in [0, 0.1) is 0 Å². The number of halogens is 2. The van der Waals surface area contributed by atoms with Gasteiger partial charge in [0.15, 0.2) is 28.1 Å². The molecular weight excluding hydrogens is 1160 g/mol. The summed E-state index contributed by atoms with van der Waals surface area (Å²) in [6.45, 7) is 5.35. The number of nitrogens with one attached hydrogen (secondary N) is 2. The van der Waals surface area contributed by atoms with Crippen molar-refractivity contribution in [1.82, 2.24) is 39.0 Å². The predicted octanol–water partition coefficient (Wildman–Crippen LogP) is 12.6. The molecule has 0 bridgehead atoms. The number of Topliss-reactive ketones (excluding diaryl/α,β-unsaturated/α-hetero) is 1. The van der Waals surface area contributed by atoms with Crippen LogP contribution in [0.5, 0.6) is 23.3 Å². The van der Waals surface area contributed by atoms with E-state index >= 15 is 4.79 Å². The molecule has 2 atom stereocenters. The first-order valence-electron chi connectivity index (χ1n) is 24.3. The summed E-state index contributed by atoms with van der Waals surface area (Å²) < 4.78 is 76.5. The second-order valence-electron chi connectivity index (χ2n) is 17.5. The summed E-state index contributed by atoms with van der Waals surface area (Å²) in [4.78, 5) is 41.9. The molecule has 0 aliphatic heterocycles. The monoisotopic (exact) mass is 1200 g/mol. The van der Waals surface area contributed by atoms with E-state index in [2.05, 4.69) is 71.2 Å². The molecular formula is C57H46Br2N10O7S2. The van der Waals surface area contributed by atoms with E-state index in [-0.39, 0.29) is 15.6 Å². The molecule has 0 saturated carbocycles. The molecule has 0 aliphatic rings. The number of anilines is 2. The number of sulfonamides is 2. The number of imidazole rings is 2. The van der Waals surface area contributed by atoms with E-state index in [9.17, 15) is 16.8 Å². The maximum absolute atomic E-state index is 15.5. The van der Waals surface area contributed by atoms with E-state index in [1.165, 1.54) is 36.9 Å². The lowest BCUT2D eigenvalue weighted by molar-refractivity contribution is -0.120. The summed E-state index contributed by atoms with van der Waals surface area (Å²) in [5, 5.41) is 0. The highest BCUT2D eigenvalue weighted by Crippen LogP contribution is 2.34. The van der Waals surface area contributed by atoms with E-state index in [0.717, 1.165) is 20.1 Å². The Morgan fingerprint density at radius 2 is 0.885 bits per heavy atom. The lowest BCUT2D eigenvalue weighted by Gasteiger charge is -2.20. The zero-order chi connectivity index (χ0) is 54.4. The molecule has 0 aliphatic carbocycles. The molecule has 4 aromatic heterocycles. The van der Waals surface area contributed by atoms with Gasteiger partial charge in [0.25, 0.3) is 31.8 Å². The van der Waals surface area contributed by atoms with Crippen LogP contribution in [0.25, 0.3) is 34.5 Å². The van der Waals surface area contributed by atoms with Gasteiger partial charge in [-0.1, -0.05) is 105 Å². The Hall–Kier alpha value is -8.37. The highest BCUT2D eigenvalue weighted by atomic mass is 79.9. The number of hydrogen-bond acceptors (Lipinski definition) is 13. The number of hydrogen-bond donors (Lipinski definition) is 2. The van der Waals surface area contributed by atoms with Crippen molar-refractivity contribution in [3.05, 3.63) is 214 Å². The average Bonchev–Trinajstić information content (AvgIpc) is 4.11. The first kappa shape index (κ1) is 53.0. The predicted molar refractivity (Wildman–Crippen MR) is 306 cm³/mol. The number of aromatic nitrogens is 8. The number of nitrogens with zero attached hydrogens (tertiary/aromatic N) is 8. The SMILES string of the molecule is CCn1cnc2c(Oc3ccc(/C=C/C(C(=O)C(/C=C/c4ccc(Oc5ncnc6c5ncn6CC)cc4)c4ccc(NS(=O)(=O)c5ccc(Br)cc5)cc4)c4ccc(NS(=O)(=O)c5ccc(Br)cc5)cc4)cc3)ncnc21. The highest BCUT2D eigenvalue weighted by molar-refractivity contribution is 9.10. The Bertz CT molecular complexity index is 3800. The van der Waals surface area contributed by atoms with Gasteiger partial charge in [0.05, 0.1) is 34.3 Å². The molecule has 17 nitrogen and oxygen atoms in total. The molecule has 0 fully saturated rings. The van der Waals surface area contributed by atoms with Crippen molar-refractivity contribution in [2.24, 2.45) is 0 Å². The van der Waals surface area contributed by atoms with E-state index in [1.54, 1.807) is 122 Å². The fourth-order valence-corrected chi connectivity index (χ4v) is 11.0. The second-order valence-corrected chi connectivity index (χ2v) is 22.7. The van der Waals surface area contributed by atoms with Crippen molar-refractivity contribution in [1.29, 1.82) is 0 Å². The molecule has 392 valence electrons. The van der Waals surface area contributed by atoms with Crippen LogP contribution < -0.4 is 18.9 Å². The van der Waals surface area contributed by atoms with Gasteiger partial charge in [0.2, 0.25) is 0 Å². The van der Waals surface area contributed by atoms with Gasteiger partial charge in [-0.25, -0.2) is 36.8 Å². The van der Waals surface area contributed by atoms with Crippen LogP contribution in [-0.2, 0) is 37.9 Å². The molecule has 10 aromatic rings. The largest absolute Gasteiger partial charge is 0.437 e. The number of ether oxygens (including phenoxy) is 2. The Morgan fingerprint density at radius 3 is 1.24 bits per heavy atom. The maximum atomic E-state index is 15.5. The standard InChI is InChI=1S/C57H46Br2N10O7S2/c1-3-68-35-64-51-54(68)60-33-62-56(51)75-45-23-5-37(6-24-45)9-31-49(39-11-19-43(20-12-39)66-77(71,72)47-27-15-41(58)16-28-47)53(70)50(40-13-21-44(22-14-40)67-78(73,74)48-29-17-42(59)18-30-48)32-10-38-7-25-46(26-8-38)76-57-52-55(61-34-63-57)69(4-2)36-65-52/h5-36,49-50,66-67H,3-4H2,1-2H3/b31-9+,32-10+. The van der Waals surface area contributed by atoms with E-state index < -0.39 is 31.9 Å². The van der Waals surface area contributed by atoms with Gasteiger partial charge in [-0.3, -0.25) is 14.2 Å². The summed E-state index contributed by atoms with van der Waals surface area (Å²) in [5.41, 5.74) is 5.60. The maximum Gasteiger partial charge on any atom is 0.261 e. The van der Waals surface area contributed by atoms with Gasteiger partial charge >= 0.3 is 0 Å². The van der Waals surface area contributed by atoms with Crippen LogP contribution in [-0.4, -0.2) is 61.7 Å². The smallest absolute Gasteiger partial charge is 0.261 e. The summed E-state index contributed by atoms with van der Waals surface area (Å²) in [6, 6.07) is 40.4. The van der Waals surface area contributed by atoms with Crippen molar-refractivity contribution in [2.45, 2.75) is 48.6 Å². The quantitative estimate of drug-likeness (QED) is 0.0727. The lowest BCUT2D eigenvalue weighted by atomic mass is 9.82. The minimum atomic E-state index is -3.95. The van der Waals surface area contributed by atoms with Crippen LogP contribution >= 0.6 is 31.9 Å². The third-order valence-electron chi connectivity index (χ3n) is 12.5. The minimum absolute atomic E-state index is 0.0795. The Morgan fingerprint density at radius 1 is 0.513 bits per heavy atom. The normalized spacial score (nSPS) is 12.8. The number of rotatable bonds is 20. The number of carbonyl (C=O) groups is 1. The number of benzene rings is 6. The third-order valence-corrected chi connectivity index (χ3v) is 16.3. The Labute approximate surface area is 466 Å². The molecule has 6 aromatic carbocycles. The summed E-state index contributed by atoms with van der Waals surface area (Å²) in [7, 11) is -7.90. The second kappa shape index (κ2) is 23.1. The van der Waals surface area contributed by atoms with Gasteiger partial charge in [-0.2, -0.15) is 9.97 Å². The van der Waals surface area contributed by atoms with Crippen molar-refractivity contribution in [3.8, 4) is 23.3 Å². The minimum Gasteiger partial charge on any atom is -0.437 e. The summed E-state index contributed by atoms with van der Waals surface area (Å²) in [5.74, 6) is -0.404. The molecule has 2 N–H and O–H groups in total. The molecule has 10 rings (SSSR count). The summed E-state index contributed by atoms with van der Waals surface area (Å²) >= 11 is 6.71. The van der Waals surface area contributed by atoms with Gasteiger partial charge in [0.1, 0.15) is 24.2 Å². The van der Waals surface area contributed by atoms with Crippen LogP contribution in [0.3, 0.4) is 0 Å². The van der Waals surface area contributed by atoms with Gasteiger partial charge < -0.3 is 18.6 Å². The molecule has 2 unspecified atom stereocenters. The fraction of sp³-hybridized carbons (Fsp3) is 0.105. The van der Waals surface area contributed by atoms with Crippen molar-refractivity contribution in [3.63, 3.8) is 0 Å². The van der Waals surface area contributed by atoms with Crippen LogP contribution in [0.15, 0.2) is 202 Å². The van der Waals surface area contributed by atoms with Crippen LogP contribution in [0.4, 0.5) is 11.4 Å². The topological polar surface area (TPSA) is 215 Å². The molecule has 4 heterocycles. The number of ketones is 1. The van der Waals surface area contributed by atoms with Crippen molar-refractivity contribution >= 4 is 104 Å². The zero-order valence-corrected chi connectivity index (χ0v) is 46.4. The lowest BCUT2D eigenvalue weighted by Crippen LogP contribution is -2.19. The average molecular weight is 1210 g/mol. The van der Waals surface area contributed by atoms with Crippen LogP contribution in [0.2, 0.25) is 0 Å². The number of fused-ring (bicyclic) bond motifs is 2. The van der Waals surface area contributed by atoms with Gasteiger partial charge in [-0.05, 0) is 133 Å². The van der Waals surface area contributed by atoms with E-state index in [4.69, 9.17) is 9.47 Å². The Balaban J connectivity index is 0.977. The van der Waals surface area contributed by atoms with Crippen molar-refractivity contribution < 1.29 is 31.1 Å². The molecule has 78 heavy (non-hydrogen) atoms. The molecule has 21 heteroatoms. The van der Waals surface area contributed by atoms with Gasteiger partial charge in [-0.15, -0.1) is 0 Å². The fourth-order valence-electron chi connectivity index (χ4n) is 8.37. The number of aryl methyl sites for hydroxylation is 2. The highest BCUT2D eigenvalue weighted by Gasteiger charge is 2.28. The third kappa shape index (κ3) is 12.1. The van der Waals surface area contributed by atoms with Gasteiger partial charge in [0, 0.05) is 33.4 Å². The number of allylic oxidation sites excluding steroid dienone is 2. The van der Waals surface area contributed by atoms with Crippen LogP contribution in [0.1, 0.15) is 47.9 Å². The van der Waals surface area contributed by atoms with E-state index in [1.807, 2.05) is 59.4 Å².